The molecule has 1 aliphatic heterocycles. The summed E-state index contributed by atoms with van der Waals surface area (Å²) in [6.45, 7) is 2.63. The smallest absolute Gasteiger partial charge is 0.256 e. The summed E-state index contributed by atoms with van der Waals surface area (Å²) >= 11 is 0. The van der Waals surface area contributed by atoms with Crippen molar-refractivity contribution in [3.63, 3.8) is 0 Å². The van der Waals surface area contributed by atoms with Gasteiger partial charge in [-0.2, -0.15) is 0 Å². The van der Waals surface area contributed by atoms with E-state index in [4.69, 9.17) is 4.74 Å². The molecule has 0 aliphatic carbocycles. The second-order valence-corrected chi connectivity index (χ2v) is 6.93. The van der Waals surface area contributed by atoms with Crippen LogP contribution in [0.4, 0.5) is 4.39 Å². The van der Waals surface area contributed by atoms with Crippen LogP contribution in [-0.2, 0) is 13.0 Å². The van der Waals surface area contributed by atoms with E-state index >= 15 is 0 Å². The van der Waals surface area contributed by atoms with Gasteiger partial charge in [0, 0.05) is 31.2 Å². The van der Waals surface area contributed by atoms with E-state index in [1.165, 1.54) is 6.07 Å². The Kier molecular flexibility index (Phi) is 5.02. The van der Waals surface area contributed by atoms with Gasteiger partial charge in [0.05, 0.1) is 11.6 Å². The first-order valence-electron chi connectivity index (χ1n) is 9.14. The van der Waals surface area contributed by atoms with Crippen LogP contribution in [0.5, 0.6) is 5.88 Å². The molecule has 0 bridgehead atoms. The van der Waals surface area contributed by atoms with Crippen LogP contribution in [0.15, 0.2) is 61.1 Å². The Hall–Kier alpha value is -3.28. The van der Waals surface area contributed by atoms with Crippen LogP contribution in [0, 0.1) is 12.7 Å². The monoisotopic (exact) mass is 377 g/mol. The van der Waals surface area contributed by atoms with E-state index < -0.39 is 0 Å². The molecule has 0 saturated carbocycles. The number of fused-ring (bicyclic) bond motifs is 1. The highest BCUT2D eigenvalue weighted by Crippen LogP contribution is 2.26. The maximum absolute atomic E-state index is 13.7. The third-order valence-corrected chi connectivity index (χ3v) is 4.88. The number of aromatic nitrogens is 2. The minimum absolute atomic E-state index is 0.117. The Morgan fingerprint density at radius 3 is 2.86 bits per heavy atom. The van der Waals surface area contributed by atoms with Gasteiger partial charge in [-0.15, -0.1) is 0 Å². The average Bonchev–Trinajstić information content (AvgIpc) is 2.73. The molecule has 0 N–H and O–H groups in total. The first-order chi connectivity index (χ1) is 13.6. The second kappa shape index (κ2) is 7.76. The molecule has 2 aromatic heterocycles. The summed E-state index contributed by atoms with van der Waals surface area (Å²) in [4.78, 5) is 23.2. The molecule has 1 amide bonds. The molecule has 4 rings (SSSR count). The van der Waals surface area contributed by atoms with Gasteiger partial charge in [0.15, 0.2) is 0 Å². The van der Waals surface area contributed by atoms with Gasteiger partial charge in [-0.25, -0.2) is 9.37 Å². The number of hydrogen-bond donors (Lipinski definition) is 0. The topological polar surface area (TPSA) is 55.3 Å². The first kappa shape index (κ1) is 18.1. The Morgan fingerprint density at radius 1 is 1.21 bits per heavy atom. The van der Waals surface area contributed by atoms with E-state index in [0.29, 0.717) is 24.4 Å². The highest BCUT2D eigenvalue weighted by Gasteiger charge is 2.31. The second-order valence-electron chi connectivity index (χ2n) is 6.93. The molecule has 1 aliphatic rings. The number of halogens is 1. The maximum atomic E-state index is 13.7. The van der Waals surface area contributed by atoms with E-state index in [9.17, 15) is 9.18 Å². The minimum atomic E-state index is -0.273. The minimum Gasteiger partial charge on any atom is -0.475 e. The number of aryl methyl sites for hydroxylation is 1. The normalized spacial score (nSPS) is 15.8. The third-order valence-electron chi connectivity index (χ3n) is 4.88. The predicted octanol–water partition coefficient (Wildman–Crippen LogP) is 3.57. The Balaban J connectivity index is 1.59. The number of nitrogens with zero attached hydrogens (tertiary/aromatic N) is 3. The van der Waals surface area contributed by atoms with E-state index in [2.05, 4.69) is 9.97 Å². The van der Waals surface area contributed by atoms with Gasteiger partial charge in [0.1, 0.15) is 12.4 Å². The molecule has 28 heavy (non-hydrogen) atoms. The van der Waals surface area contributed by atoms with Gasteiger partial charge in [-0.3, -0.25) is 9.78 Å². The molecule has 3 heterocycles. The number of carbonyl (C=O) groups excluding carboxylic acids is 1. The van der Waals surface area contributed by atoms with E-state index in [0.717, 1.165) is 16.7 Å². The lowest BCUT2D eigenvalue weighted by Gasteiger charge is -2.36. The largest absolute Gasteiger partial charge is 0.475 e. The summed E-state index contributed by atoms with van der Waals surface area (Å²) in [6.07, 6.45) is 5.45. The molecule has 142 valence electrons. The lowest BCUT2D eigenvalue weighted by molar-refractivity contribution is 0.0562. The van der Waals surface area contributed by atoms with Gasteiger partial charge in [-0.05, 0) is 54.3 Å². The number of amides is 1. The third kappa shape index (κ3) is 3.86. The van der Waals surface area contributed by atoms with Gasteiger partial charge < -0.3 is 9.64 Å². The fourth-order valence-electron chi connectivity index (χ4n) is 3.38. The van der Waals surface area contributed by atoms with Crippen molar-refractivity contribution >= 4 is 5.91 Å². The number of carbonyl (C=O) groups is 1. The fraction of sp³-hybridized carbons (Fsp3) is 0.227. The SMILES string of the molecule is Cc1ccc(OCC2Cc3cc(F)ccc3CN2C(=O)c2cccnc2)nc1. The van der Waals surface area contributed by atoms with Crippen LogP contribution < -0.4 is 4.74 Å². The lowest BCUT2D eigenvalue weighted by Crippen LogP contribution is -2.47. The fourth-order valence-corrected chi connectivity index (χ4v) is 3.38. The van der Waals surface area contributed by atoms with Crippen molar-refractivity contribution in [3.05, 3.63) is 89.1 Å². The molecule has 0 saturated heterocycles. The number of pyridine rings is 2. The Morgan fingerprint density at radius 2 is 2.11 bits per heavy atom. The quantitative estimate of drug-likeness (QED) is 0.698. The van der Waals surface area contributed by atoms with Crippen molar-refractivity contribution in [2.45, 2.75) is 25.9 Å². The summed E-state index contributed by atoms with van der Waals surface area (Å²) in [5, 5.41) is 0. The Bertz CT molecular complexity index is 977. The molecule has 1 aromatic carbocycles. The highest BCUT2D eigenvalue weighted by atomic mass is 19.1. The number of hydrogen-bond acceptors (Lipinski definition) is 4. The van der Waals surface area contributed by atoms with Crippen LogP contribution >= 0.6 is 0 Å². The highest BCUT2D eigenvalue weighted by molar-refractivity contribution is 5.94. The van der Waals surface area contributed by atoms with Crippen molar-refractivity contribution in [1.29, 1.82) is 0 Å². The van der Waals surface area contributed by atoms with E-state index in [1.807, 2.05) is 13.0 Å². The maximum Gasteiger partial charge on any atom is 0.256 e. The summed E-state index contributed by atoms with van der Waals surface area (Å²) in [7, 11) is 0. The molecule has 3 aromatic rings. The van der Waals surface area contributed by atoms with Crippen LogP contribution in [0.2, 0.25) is 0 Å². The van der Waals surface area contributed by atoms with Crippen LogP contribution in [0.1, 0.15) is 27.0 Å². The van der Waals surface area contributed by atoms with E-state index in [1.54, 1.807) is 53.8 Å². The molecule has 0 radical (unpaired) electrons. The Labute approximate surface area is 162 Å². The zero-order chi connectivity index (χ0) is 19.5. The van der Waals surface area contributed by atoms with Gasteiger partial charge in [0.25, 0.3) is 5.91 Å². The lowest BCUT2D eigenvalue weighted by atomic mass is 9.93. The molecule has 1 unspecified atom stereocenters. The summed E-state index contributed by atoms with van der Waals surface area (Å²) in [6, 6.07) is 11.7. The van der Waals surface area contributed by atoms with E-state index in [-0.39, 0.29) is 24.4 Å². The van der Waals surface area contributed by atoms with Gasteiger partial charge >= 0.3 is 0 Å². The van der Waals surface area contributed by atoms with Gasteiger partial charge in [-0.1, -0.05) is 12.1 Å². The van der Waals surface area contributed by atoms with Crippen LogP contribution in [0.25, 0.3) is 0 Å². The molecule has 0 spiro atoms. The van der Waals surface area contributed by atoms with Crippen molar-refractivity contribution in [1.82, 2.24) is 14.9 Å². The van der Waals surface area contributed by atoms with Crippen molar-refractivity contribution in [2.24, 2.45) is 0 Å². The van der Waals surface area contributed by atoms with Crippen molar-refractivity contribution < 1.29 is 13.9 Å². The molecular weight excluding hydrogens is 357 g/mol. The van der Waals surface area contributed by atoms with Crippen LogP contribution in [-0.4, -0.2) is 33.4 Å². The average molecular weight is 377 g/mol. The van der Waals surface area contributed by atoms with Crippen molar-refractivity contribution in [2.75, 3.05) is 6.61 Å². The standard InChI is InChI=1S/C22H20FN3O2/c1-15-4-7-21(25-11-15)28-14-20-10-18-9-19(23)6-5-17(18)13-26(20)22(27)16-3-2-8-24-12-16/h2-9,11-12,20H,10,13-14H2,1H3. The first-order valence-corrected chi connectivity index (χ1v) is 9.14. The number of rotatable bonds is 4. The zero-order valence-corrected chi connectivity index (χ0v) is 15.5. The molecule has 0 fully saturated rings. The van der Waals surface area contributed by atoms with Crippen LogP contribution in [0.3, 0.4) is 0 Å². The van der Waals surface area contributed by atoms with Gasteiger partial charge in [0.2, 0.25) is 5.88 Å². The molecule has 1 atom stereocenters. The summed E-state index contributed by atoms with van der Waals surface area (Å²) < 4.78 is 19.5. The summed E-state index contributed by atoms with van der Waals surface area (Å²) in [5.74, 6) is 0.114. The summed E-state index contributed by atoms with van der Waals surface area (Å²) in [5.41, 5.74) is 3.42. The predicted molar refractivity (Wildman–Crippen MR) is 102 cm³/mol. The number of benzene rings is 1. The number of ether oxygens (including phenoxy) is 1. The zero-order valence-electron chi connectivity index (χ0n) is 15.5. The molecule has 6 heteroatoms. The molecular formula is C22H20FN3O2. The molecule has 5 nitrogen and oxygen atoms in total. The van der Waals surface area contributed by atoms with Crippen molar-refractivity contribution in [3.8, 4) is 5.88 Å².